The summed E-state index contributed by atoms with van der Waals surface area (Å²) in [6.07, 6.45) is -4.50. The highest BCUT2D eigenvalue weighted by Gasteiger charge is 2.35. The number of nitrogens with zero attached hydrogens (tertiary/aromatic N) is 1. The zero-order valence-electron chi connectivity index (χ0n) is 14.8. The molecule has 2 aromatic carbocycles. The molecule has 1 heterocycles. The van der Waals surface area contributed by atoms with Crippen molar-refractivity contribution in [3.8, 4) is 11.5 Å². The van der Waals surface area contributed by atoms with Crippen molar-refractivity contribution in [2.45, 2.75) is 18.8 Å². The minimum absolute atomic E-state index is 0.255. The van der Waals surface area contributed by atoms with E-state index >= 15 is 0 Å². The Morgan fingerprint density at radius 2 is 1.93 bits per heavy atom. The van der Waals surface area contributed by atoms with Crippen molar-refractivity contribution in [1.29, 1.82) is 0 Å². The highest BCUT2D eigenvalue weighted by atomic mass is 19.4. The maximum absolute atomic E-state index is 12.6. The van der Waals surface area contributed by atoms with Gasteiger partial charge in [0.25, 0.3) is 5.91 Å². The van der Waals surface area contributed by atoms with Gasteiger partial charge in [-0.25, -0.2) is 0 Å². The second-order valence-electron chi connectivity index (χ2n) is 6.05. The summed E-state index contributed by atoms with van der Waals surface area (Å²) in [6, 6.07) is 11.0. The van der Waals surface area contributed by atoms with E-state index < -0.39 is 30.0 Å². The summed E-state index contributed by atoms with van der Waals surface area (Å²) in [4.78, 5) is 26.4. The second kappa shape index (κ2) is 7.79. The molecular weight excluding hydrogens is 377 g/mol. The zero-order chi connectivity index (χ0) is 20.3. The second-order valence-corrected chi connectivity index (χ2v) is 6.05. The number of para-hydroxylation sites is 1. The van der Waals surface area contributed by atoms with Crippen molar-refractivity contribution in [2.24, 2.45) is 0 Å². The summed E-state index contributed by atoms with van der Waals surface area (Å²) in [5, 5.41) is 2.65. The van der Waals surface area contributed by atoms with E-state index in [9.17, 15) is 22.8 Å². The SMILES string of the molecule is COc1ccccc1C(=O)NC1CCN(c2cccc(OC(F)(F)F)c2)C1=O. The van der Waals surface area contributed by atoms with Crippen LogP contribution in [0.15, 0.2) is 48.5 Å². The summed E-state index contributed by atoms with van der Waals surface area (Å²) < 4.78 is 46.2. The lowest BCUT2D eigenvalue weighted by Crippen LogP contribution is -2.41. The molecule has 1 saturated heterocycles. The fourth-order valence-corrected chi connectivity index (χ4v) is 2.99. The van der Waals surface area contributed by atoms with Crippen LogP contribution in [0, 0.1) is 0 Å². The standard InChI is InChI=1S/C19H17F3N2O4/c1-27-16-8-3-2-7-14(16)17(25)23-15-9-10-24(18(15)26)12-5-4-6-13(11-12)28-19(20,21)22/h2-8,11,15H,9-10H2,1H3,(H,23,25). The molecule has 0 bridgehead atoms. The van der Waals surface area contributed by atoms with Gasteiger partial charge in [0.2, 0.25) is 5.91 Å². The van der Waals surface area contributed by atoms with Crippen LogP contribution in [0.1, 0.15) is 16.8 Å². The molecule has 0 spiro atoms. The maximum atomic E-state index is 12.6. The number of carbonyl (C=O) groups excluding carboxylic acids is 2. The summed E-state index contributed by atoms with van der Waals surface area (Å²) in [5.41, 5.74) is 0.553. The van der Waals surface area contributed by atoms with Crippen LogP contribution in [0.2, 0.25) is 0 Å². The fraction of sp³-hybridized carbons (Fsp3) is 0.263. The van der Waals surface area contributed by atoms with Crippen LogP contribution in [-0.2, 0) is 4.79 Å². The molecule has 1 unspecified atom stereocenters. The van der Waals surface area contributed by atoms with Gasteiger partial charge in [-0.15, -0.1) is 13.2 Å². The van der Waals surface area contributed by atoms with Gasteiger partial charge in [0.1, 0.15) is 17.5 Å². The number of benzene rings is 2. The van der Waals surface area contributed by atoms with E-state index in [2.05, 4.69) is 10.1 Å². The average molecular weight is 394 g/mol. The minimum atomic E-state index is -4.82. The van der Waals surface area contributed by atoms with E-state index in [0.717, 1.165) is 12.1 Å². The summed E-state index contributed by atoms with van der Waals surface area (Å²) >= 11 is 0. The average Bonchev–Trinajstić information content (AvgIpc) is 3.01. The molecule has 2 aromatic rings. The van der Waals surface area contributed by atoms with Gasteiger partial charge in [-0.1, -0.05) is 18.2 Å². The third-order valence-corrected chi connectivity index (χ3v) is 4.23. The number of nitrogens with one attached hydrogen (secondary N) is 1. The van der Waals surface area contributed by atoms with Crippen LogP contribution in [-0.4, -0.2) is 37.9 Å². The quantitative estimate of drug-likeness (QED) is 0.846. The number of ether oxygens (including phenoxy) is 2. The van der Waals surface area contributed by atoms with Gasteiger partial charge in [0.15, 0.2) is 0 Å². The summed E-state index contributed by atoms with van der Waals surface area (Å²) in [6.45, 7) is 0.255. The van der Waals surface area contributed by atoms with Gasteiger partial charge < -0.3 is 19.7 Å². The molecule has 9 heteroatoms. The first kappa shape index (κ1) is 19.5. The van der Waals surface area contributed by atoms with Crippen molar-refractivity contribution in [1.82, 2.24) is 5.32 Å². The van der Waals surface area contributed by atoms with Crippen molar-refractivity contribution in [3.63, 3.8) is 0 Å². The molecule has 0 saturated carbocycles. The Bertz CT molecular complexity index is 885. The predicted molar refractivity (Wildman–Crippen MR) is 94.3 cm³/mol. The first-order chi connectivity index (χ1) is 13.3. The smallest absolute Gasteiger partial charge is 0.496 e. The Labute approximate surface area is 158 Å². The third-order valence-electron chi connectivity index (χ3n) is 4.23. The van der Waals surface area contributed by atoms with Gasteiger partial charge in [-0.3, -0.25) is 9.59 Å². The maximum Gasteiger partial charge on any atom is 0.573 e. The molecule has 1 aliphatic heterocycles. The van der Waals surface area contributed by atoms with E-state index in [0.29, 0.717) is 12.2 Å². The zero-order valence-corrected chi connectivity index (χ0v) is 14.8. The number of anilines is 1. The molecule has 0 aromatic heterocycles. The molecule has 3 rings (SSSR count). The number of hydrogen-bond donors (Lipinski definition) is 1. The molecule has 1 N–H and O–H groups in total. The number of alkyl halides is 3. The van der Waals surface area contributed by atoms with Gasteiger partial charge >= 0.3 is 6.36 Å². The number of carbonyl (C=O) groups is 2. The Morgan fingerprint density at radius 1 is 1.18 bits per heavy atom. The van der Waals surface area contributed by atoms with E-state index in [1.165, 1.54) is 24.1 Å². The van der Waals surface area contributed by atoms with Crippen LogP contribution in [0.5, 0.6) is 11.5 Å². The van der Waals surface area contributed by atoms with Crippen LogP contribution in [0.3, 0.4) is 0 Å². The molecule has 1 fully saturated rings. The van der Waals surface area contributed by atoms with Gasteiger partial charge in [0.05, 0.1) is 12.7 Å². The molecule has 1 atom stereocenters. The van der Waals surface area contributed by atoms with E-state index in [1.54, 1.807) is 24.3 Å². The lowest BCUT2D eigenvalue weighted by Gasteiger charge is -2.19. The van der Waals surface area contributed by atoms with E-state index in [-0.39, 0.29) is 17.8 Å². The Hall–Kier alpha value is -3.23. The first-order valence-corrected chi connectivity index (χ1v) is 8.39. The topological polar surface area (TPSA) is 67.9 Å². The van der Waals surface area contributed by atoms with Crippen molar-refractivity contribution in [2.75, 3.05) is 18.6 Å². The molecule has 6 nitrogen and oxygen atoms in total. The molecule has 28 heavy (non-hydrogen) atoms. The van der Waals surface area contributed by atoms with Gasteiger partial charge in [0, 0.05) is 18.3 Å². The van der Waals surface area contributed by atoms with Crippen LogP contribution in [0.25, 0.3) is 0 Å². The predicted octanol–water partition coefficient (Wildman–Crippen LogP) is 3.13. The van der Waals surface area contributed by atoms with Crippen LogP contribution >= 0.6 is 0 Å². The minimum Gasteiger partial charge on any atom is -0.496 e. The van der Waals surface area contributed by atoms with Crippen molar-refractivity contribution < 1.29 is 32.2 Å². The first-order valence-electron chi connectivity index (χ1n) is 8.39. The van der Waals surface area contributed by atoms with Crippen LogP contribution in [0.4, 0.5) is 18.9 Å². The molecular formula is C19H17F3N2O4. The normalized spacial score (nSPS) is 16.8. The highest BCUT2D eigenvalue weighted by molar-refractivity contribution is 6.04. The molecule has 2 amide bonds. The van der Waals surface area contributed by atoms with E-state index in [1.807, 2.05) is 0 Å². The Kier molecular flexibility index (Phi) is 5.43. The molecule has 1 aliphatic rings. The monoisotopic (exact) mass is 394 g/mol. The summed E-state index contributed by atoms with van der Waals surface area (Å²) in [7, 11) is 1.44. The third kappa shape index (κ3) is 4.36. The Morgan fingerprint density at radius 3 is 2.64 bits per heavy atom. The Balaban J connectivity index is 1.71. The number of hydrogen-bond acceptors (Lipinski definition) is 4. The lowest BCUT2D eigenvalue weighted by molar-refractivity contribution is -0.274. The number of methoxy groups -OCH3 is 1. The van der Waals surface area contributed by atoms with Gasteiger partial charge in [-0.05, 0) is 30.7 Å². The highest BCUT2D eigenvalue weighted by Crippen LogP contribution is 2.29. The number of rotatable bonds is 5. The van der Waals surface area contributed by atoms with Gasteiger partial charge in [-0.2, -0.15) is 0 Å². The molecule has 0 radical (unpaired) electrons. The van der Waals surface area contributed by atoms with Crippen LogP contribution < -0.4 is 19.7 Å². The number of amides is 2. The van der Waals surface area contributed by atoms with E-state index in [4.69, 9.17) is 4.74 Å². The lowest BCUT2D eigenvalue weighted by atomic mass is 10.1. The summed E-state index contributed by atoms with van der Waals surface area (Å²) in [5.74, 6) is -0.919. The molecule has 148 valence electrons. The fourth-order valence-electron chi connectivity index (χ4n) is 2.99. The largest absolute Gasteiger partial charge is 0.573 e. The van der Waals surface area contributed by atoms with Crippen molar-refractivity contribution >= 4 is 17.5 Å². The van der Waals surface area contributed by atoms with Crippen molar-refractivity contribution in [3.05, 3.63) is 54.1 Å². The molecule has 0 aliphatic carbocycles. The number of halogens is 3.